The van der Waals surface area contributed by atoms with Crippen LogP contribution >= 0.6 is 0 Å². The maximum Gasteiger partial charge on any atom is 0.350 e. The normalized spacial score (nSPS) is 26.8. The number of hydrogen-bond acceptors (Lipinski definition) is 4. The van der Waals surface area contributed by atoms with Crippen molar-refractivity contribution in [1.82, 2.24) is 0 Å². The number of ketones is 1. The Morgan fingerprint density at radius 1 is 1.77 bits per heavy atom. The molecule has 0 spiro atoms. The molecule has 0 saturated carbocycles. The summed E-state index contributed by atoms with van der Waals surface area (Å²) in [7, 11) is 0. The van der Waals surface area contributed by atoms with Gasteiger partial charge in [-0.3, -0.25) is 4.79 Å². The van der Waals surface area contributed by atoms with Crippen molar-refractivity contribution in [3.05, 3.63) is 12.3 Å². The summed E-state index contributed by atoms with van der Waals surface area (Å²) < 4.78 is 9.86. The van der Waals surface area contributed by atoms with E-state index in [0.717, 1.165) is 0 Å². The first-order valence-corrected chi connectivity index (χ1v) is 4.13. The zero-order valence-corrected chi connectivity index (χ0v) is 7.70. The fraction of sp³-hybridized carbons (Fsp3) is 0.556. The summed E-state index contributed by atoms with van der Waals surface area (Å²) in [6.45, 7) is 3.55. The SMILES string of the molecule is CCOC(=O)[C@]1(C)CC(=O)C=CO1. The molecule has 0 amide bonds. The number of esters is 1. The minimum Gasteiger partial charge on any atom is -0.483 e. The van der Waals surface area contributed by atoms with Gasteiger partial charge >= 0.3 is 5.97 Å². The first-order chi connectivity index (χ1) is 6.08. The molecule has 0 saturated heterocycles. The van der Waals surface area contributed by atoms with Crippen LogP contribution in [0, 0.1) is 0 Å². The van der Waals surface area contributed by atoms with E-state index in [0.29, 0.717) is 0 Å². The van der Waals surface area contributed by atoms with Gasteiger partial charge in [0.05, 0.1) is 19.3 Å². The fourth-order valence-electron chi connectivity index (χ4n) is 1.10. The molecule has 0 aromatic rings. The summed E-state index contributed by atoms with van der Waals surface area (Å²) in [4.78, 5) is 22.3. The maximum atomic E-state index is 11.3. The molecule has 4 nitrogen and oxygen atoms in total. The summed E-state index contributed by atoms with van der Waals surface area (Å²) in [5.41, 5.74) is -1.14. The summed E-state index contributed by atoms with van der Waals surface area (Å²) >= 11 is 0. The summed E-state index contributed by atoms with van der Waals surface area (Å²) in [5.74, 6) is -0.616. The average molecular weight is 184 g/mol. The van der Waals surface area contributed by atoms with E-state index >= 15 is 0 Å². The molecule has 0 aliphatic carbocycles. The number of rotatable bonds is 2. The van der Waals surface area contributed by atoms with Gasteiger partial charge in [0.2, 0.25) is 5.60 Å². The highest BCUT2D eigenvalue weighted by atomic mass is 16.6. The van der Waals surface area contributed by atoms with Crippen LogP contribution in [0.2, 0.25) is 0 Å². The molecule has 1 rings (SSSR count). The third-order valence-electron chi connectivity index (χ3n) is 1.80. The molecular formula is C9H12O4. The van der Waals surface area contributed by atoms with E-state index in [9.17, 15) is 9.59 Å². The van der Waals surface area contributed by atoms with Crippen LogP contribution in [0.15, 0.2) is 12.3 Å². The van der Waals surface area contributed by atoms with Crippen LogP contribution in [0.1, 0.15) is 20.3 Å². The predicted molar refractivity (Wildman–Crippen MR) is 44.9 cm³/mol. The van der Waals surface area contributed by atoms with E-state index in [2.05, 4.69) is 0 Å². The molecule has 0 aromatic heterocycles. The Kier molecular flexibility index (Phi) is 2.70. The van der Waals surface area contributed by atoms with Gasteiger partial charge in [0.15, 0.2) is 5.78 Å². The Bertz CT molecular complexity index is 256. The summed E-state index contributed by atoms with van der Waals surface area (Å²) in [5, 5.41) is 0. The fourth-order valence-corrected chi connectivity index (χ4v) is 1.10. The smallest absolute Gasteiger partial charge is 0.350 e. The van der Waals surface area contributed by atoms with Gasteiger partial charge in [0.1, 0.15) is 0 Å². The van der Waals surface area contributed by atoms with E-state index in [4.69, 9.17) is 9.47 Å². The molecule has 1 atom stereocenters. The van der Waals surface area contributed by atoms with Crippen molar-refractivity contribution in [1.29, 1.82) is 0 Å². The minimum absolute atomic E-state index is 0.0440. The lowest BCUT2D eigenvalue weighted by Crippen LogP contribution is -2.42. The van der Waals surface area contributed by atoms with Gasteiger partial charge in [0.25, 0.3) is 0 Å². The van der Waals surface area contributed by atoms with Gasteiger partial charge in [-0.1, -0.05) is 0 Å². The van der Waals surface area contributed by atoms with E-state index in [-0.39, 0.29) is 18.8 Å². The second-order valence-electron chi connectivity index (χ2n) is 3.02. The molecule has 0 radical (unpaired) electrons. The Morgan fingerprint density at radius 3 is 3.00 bits per heavy atom. The predicted octanol–water partition coefficient (Wildman–Crippen LogP) is 0.811. The zero-order chi connectivity index (χ0) is 9.90. The monoisotopic (exact) mass is 184 g/mol. The van der Waals surface area contributed by atoms with Crippen molar-refractivity contribution in [2.24, 2.45) is 0 Å². The van der Waals surface area contributed by atoms with Crippen molar-refractivity contribution in [3.8, 4) is 0 Å². The molecule has 0 fully saturated rings. The molecule has 0 unspecified atom stereocenters. The van der Waals surface area contributed by atoms with Gasteiger partial charge in [-0.2, -0.15) is 0 Å². The van der Waals surface area contributed by atoms with Crippen LogP contribution in [0.4, 0.5) is 0 Å². The lowest BCUT2D eigenvalue weighted by molar-refractivity contribution is -0.166. The third kappa shape index (κ3) is 2.08. The zero-order valence-electron chi connectivity index (χ0n) is 7.70. The number of allylic oxidation sites excluding steroid dienone is 1. The van der Waals surface area contributed by atoms with Crippen LogP contribution in [-0.2, 0) is 19.1 Å². The first-order valence-electron chi connectivity index (χ1n) is 4.13. The second-order valence-corrected chi connectivity index (χ2v) is 3.02. The molecule has 4 heteroatoms. The number of hydrogen-bond donors (Lipinski definition) is 0. The van der Waals surface area contributed by atoms with Gasteiger partial charge in [0, 0.05) is 6.08 Å². The van der Waals surface area contributed by atoms with Crippen molar-refractivity contribution < 1.29 is 19.1 Å². The Balaban J connectivity index is 2.71. The molecule has 1 aliphatic rings. The van der Waals surface area contributed by atoms with E-state index < -0.39 is 11.6 Å². The van der Waals surface area contributed by atoms with Crippen LogP contribution in [0.25, 0.3) is 0 Å². The van der Waals surface area contributed by atoms with Gasteiger partial charge in [-0.05, 0) is 13.8 Å². The average Bonchev–Trinajstić information content (AvgIpc) is 2.04. The third-order valence-corrected chi connectivity index (χ3v) is 1.80. The van der Waals surface area contributed by atoms with Gasteiger partial charge < -0.3 is 9.47 Å². The highest BCUT2D eigenvalue weighted by Crippen LogP contribution is 2.22. The van der Waals surface area contributed by atoms with Crippen LogP contribution < -0.4 is 0 Å². The Hall–Kier alpha value is -1.32. The van der Waals surface area contributed by atoms with Crippen LogP contribution in [0.5, 0.6) is 0 Å². The molecule has 0 aromatic carbocycles. The van der Waals surface area contributed by atoms with Crippen molar-refractivity contribution >= 4 is 11.8 Å². The van der Waals surface area contributed by atoms with Crippen molar-refractivity contribution in [2.75, 3.05) is 6.61 Å². The van der Waals surface area contributed by atoms with E-state index in [1.807, 2.05) is 0 Å². The van der Waals surface area contributed by atoms with E-state index in [1.165, 1.54) is 12.3 Å². The first kappa shape index (κ1) is 9.77. The molecular weight excluding hydrogens is 172 g/mol. The summed E-state index contributed by atoms with van der Waals surface area (Å²) in [6.07, 6.45) is 2.59. The van der Waals surface area contributed by atoms with Crippen molar-refractivity contribution in [2.45, 2.75) is 25.9 Å². The van der Waals surface area contributed by atoms with E-state index in [1.54, 1.807) is 13.8 Å². The van der Waals surface area contributed by atoms with Crippen LogP contribution in [-0.4, -0.2) is 24.0 Å². The molecule has 13 heavy (non-hydrogen) atoms. The molecule has 0 bridgehead atoms. The highest BCUT2D eigenvalue weighted by Gasteiger charge is 2.39. The largest absolute Gasteiger partial charge is 0.483 e. The molecule has 72 valence electrons. The Morgan fingerprint density at radius 2 is 2.46 bits per heavy atom. The lowest BCUT2D eigenvalue weighted by Gasteiger charge is -2.27. The molecule has 1 aliphatic heterocycles. The topological polar surface area (TPSA) is 52.6 Å². The van der Waals surface area contributed by atoms with Gasteiger partial charge in [-0.15, -0.1) is 0 Å². The van der Waals surface area contributed by atoms with Gasteiger partial charge in [-0.25, -0.2) is 4.79 Å². The van der Waals surface area contributed by atoms with Crippen molar-refractivity contribution in [3.63, 3.8) is 0 Å². The molecule has 0 N–H and O–H groups in total. The number of carbonyl (C=O) groups is 2. The number of carbonyl (C=O) groups excluding carboxylic acids is 2. The quantitative estimate of drug-likeness (QED) is 0.596. The lowest BCUT2D eigenvalue weighted by atomic mass is 9.97. The van der Waals surface area contributed by atoms with Crippen LogP contribution in [0.3, 0.4) is 0 Å². The molecule has 1 heterocycles. The minimum atomic E-state index is -1.14. The second kappa shape index (κ2) is 3.60. The summed E-state index contributed by atoms with van der Waals surface area (Å²) in [6, 6.07) is 0. The standard InChI is InChI=1S/C9H12O4/c1-3-12-8(11)9(2)6-7(10)4-5-13-9/h4-5H,3,6H2,1-2H3/t9-/m0/s1. The number of ether oxygens (including phenoxy) is 2. The highest BCUT2D eigenvalue weighted by molar-refractivity contribution is 5.96. The Labute approximate surface area is 76.5 Å². The maximum absolute atomic E-state index is 11.3.